The number of nitrogens with zero attached hydrogens (tertiary/aromatic N) is 3. The molecule has 0 bridgehead atoms. The fourth-order valence-electron chi connectivity index (χ4n) is 3.90. The summed E-state index contributed by atoms with van der Waals surface area (Å²) in [6.07, 6.45) is 1.50. The molecule has 180 valence electrons. The van der Waals surface area contributed by atoms with Crippen molar-refractivity contribution in [1.29, 1.82) is 0 Å². The van der Waals surface area contributed by atoms with E-state index in [-0.39, 0.29) is 31.3 Å². The van der Waals surface area contributed by atoms with E-state index in [2.05, 4.69) is 25.7 Å². The van der Waals surface area contributed by atoms with Gasteiger partial charge in [-0.25, -0.2) is 14.3 Å². The van der Waals surface area contributed by atoms with Gasteiger partial charge in [-0.1, -0.05) is 12.1 Å². The number of hydrogen-bond donors (Lipinski definition) is 3. The highest BCUT2D eigenvalue weighted by atomic mass is 16.7. The maximum Gasteiger partial charge on any atom is 0.417 e. The van der Waals surface area contributed by atoms with E-state index >= 15 is 0 Å². The number of aromatic amines is 1. The first-order valence-corrected chi connectivity index (χ1v) is 10.9. The Hall–Kier alpha value is -5.13. The molecule has 2 aromatic carbocycles. The van der Waals surface area contributed by atoms with Crippen LogP contribution in [0.25, 0.3) is 16.7 Å². The molecule has 36 heavy (non-hydrogen) atoms. The molecule has 0 unspecified atom stereocenters. The molecule has 12 nitrogen and oxygen atoms in total. The Morgan fingerprint density at radius 3 is 2.61 bits per heavy atom. The molecule has 0 saturated carbocycles. The van der Waals surface area contributed by atoms with Crippen molar-refractivity contribution >= 4 is 28.6 Å². The van der Waals surface area contributed by atoms with Crippen molar-refractivity contribution in [2.75, 3.05) is 6.79 Å². The largest absolute Gasteiger partial charge is 0.454 e. The number of amides is 2. The molecule has 6 rings (SSSR count). The summed E-state index contributed by atoms with van der Waals surface area (Å²) in [6.45, 7) is 0.585. The number of carbonyl (C=O) groups excluding carboxylic acids is 2. The summed E-state index contributed by atoms with van der Waals surface area (Å²) >= 11 is 0. The van der Waals surface area contributed by atoms with Crippen LogP contribution < -0.4 is 25.9 Å². The Bertz CT molecular complexity index is 1700. The monoisotopic (exact) mass is 486 g/mol. The summed E-state index contributed by atoms with van der Waals surface area (Å²) in [4.78, 5) is 44.1. The van der Waals surface area contributed by atoms with Crippen LogP contribution in [0.4, 0.5) is 0 Å². The summed E-state index contributed by atoms with van der Waals surface area (Å²) in [5.74, 6) is -0.159. The average molecular weight is 486 g/mol. The van der Waals surface area contributed by atoms with E-state index in [4.69, 9.17) is 13.9 Å². The molecule has 4 heterocycles. The van der Waals surface area contributed by atoms with Gasteiger partial charge in [0.05, 0.1) is 11.7 Å². The van der Waals surface area contributed by atoms with E-state index in [9.17, 15) is 14.4 Å². The van der Waals surface area contributed by atoms with Crippen LogP contribution in [0.5, 0.6) is 11.5 Å². The molecule has 1 aliphatic rings. The van der Waals surface area contributed by atoms with Gasteiger partial charge >= 0.3 is 5.76 Å². The predicted octanol–water partition coefficient (Wildman–Crippen LogP) is 1.75. The number of oxazole rings is 1. The Balaban J connectivity index is 1.19. The minimum absolute atomic E-state index is 0.0639. The lowest BCUT2D eigenvalue weighted by molar-refractivity contribution is 0.0942. The number of H-pyrrole nitrogens is 1. The van der Waals surface area contributed by atoms with Crippen LogP contribution in [0.3, 0.4) is 0 Å². The van der Waals surface area contributed by atoms with Gasteiger partial charge in [0, 0.05) is 25.2 Å². The first kappa shape index (κ1) is 21.4. The first-order chi connectivity index (χ1) is 17.5. The third-order valence-corrected chi connectivity index (χ3v) is 5.65. The molecule has 12 heteroatoms. The molecule has 1 aliphatic heterocycles. The molecule has 0 saturated heterocycles. The topological polar surface area (TPSA) is 153 Å². The summed E-state index contributed by atoms with van der Waals surface area (Å²) < 4.78 is 17.0. The minimum atomic E-state index is -0.547. The molecule has 0 atom stereocenters. The van der Waals surface area contributed by atoms with Gasteiger partial charge < -0.3 is 24.5 Å². The number of rotatable bonds is 6. The summed E-state index contributed by atoms with van der Waals surface area (Å²) in [5.41, 5.74) is 3.12. The zero-order valence-corrected chi connectivity index (χ0v) is 18.6. The van der Waals surface area contributed by atoms with Gasteiger partial charge in [0.1, 0.15) is 11.4 Å². The van der Waals surface area contributed by atoms with Crippen LogP contribution in [0.15, 0.2) is 63.9 Å². The van der Waals surface area contributed by atoms with Crippen LogP contribution in [0.2, 0.25) is 0 Å². The van der Waals surface area contributed by atoms with Crippen molar-refractivity contribution in [3.05, 3.63) is 87.8 Å². The number of hydrogen-bond acceptors (Lipinski definition) is 8. The van der Waals surface area contributed by atoms with E-state index in [1.807, 2.05) is 6.07 Å². The Morgan fingerprint density at radius 2 is 1.72 bits per heavy atom. The second kappa shape index (κ2) is 8.58. The molecule has 0 aliphatic carbocycles. The third kappa shape index (κ3) is 4.00. The smallest absolute Gasteiger partial charge is 0.417 e. The molecule has 0 spiro atoms. The maximum absolute atomic E-state index is 13.0. The van der Waals surface area contributed by atoms with Crippen LogP contribution >= 0.6 is 0 Å². The number of benzene rings is 2. The first-order valence-electron chi connectivity index (χ1n) is 10.9. The Morgan fingerprint density at radius 1 is 0.944 bits per heavy atom. The van der Waals surface area contributed by atoms with Crippen molar-refractivity contribution in [2.45, 2.75) is 13.1 Å². The highest BCUT2D eigenvalue weighted by Crippen LogP contribution is 2.32. The summed E-state index contributed by atoms with van der Waals surface area (Å²) in [7, 11) is 0. The van der Waals surface area contributed by atoms with Crippen molar-refractivity contribution in [2.24, 2.45) is 0 Å². The average Bonchev–Trinajstić information content (AvgIpc) is 3.63. The number of carbonyl (C=O) groups is 2. The van der Waals surface area contributed by atoms with E-state index in [0.717, 1.165) is 11.1 Å². The van der Waals surface area contributed by atoms with E-state index in [1.54, 1.807) is 36.4 Å². The van der Waals surface area contributed by atoms with Gasteiger partial charge in [0.2, 0.25) is 6.79 Å². The molecule has 2 amide bonds. The van der Waals surface area contributed by atoms with Gasteiger partial charge in [-0.2, -0.15) is 5.10 Å². The van der Waals surface area contributed by atoms with Crippen LogP contribution in [0, 0.1) is 0 Å². The standard InChI is InChI=1S/C24H18N6O6/c31-22(25-10-13-1-3-18-15(7-13)29-24(33)36-18)16-9-17(30-21(28-16)5-6-27-30)23(32)26-11-14-2-4-19-20(8-14)35-12-34-19/h1-9H,10-12H2,(H,25,31)(H,26,32)(H,29,33). The summed E-state index contributed by atoms with van der Waals surface area (Å²) in [5, 5.41) is 9.77. The summed E-state index contributed by atoms with van der Waals surface area (Å²) in [6, 6.07) is 13.5. The van der Waals surface area contributed by atoms with Gasteiger partial charge in [0.15, 0.2) is 22.7 Å². The fraction of sp³-hybridized carbons (Fsp3) is 0.125. The molecule has 3 N–H and O–H groups in total. The van der Waals surface area contributed by atoms with E-state index in [1.165, 1.54) is 16.8 Å². The molecule has 0 radical (unpaired) electrons. The van der Waals surface area contributed by atoms with Crippen LogP contribution in [-0.2, 0) is 13.1 Å². The fourth-order valence-corrected chi connectivity index (χ4v) is 3.90. The van der Waals surface area contributed by atoms with E-state index < -0.39 is 17.6 Å². The lowest BCUT2D eigenvalue weighted by Gasteiger charge is -2.10. The third-order valence-electron chi connectivity index (χ3n) is 5.65. The van der Waals surface area contributed by atoms with Crippen LogP contribution in [-0.4, -0.2) is 38.2 Å². The van der Waals surface area contributed by atoms with Gasteiger partial charge in [-0.15, -0.1) is 0 Å². The minimum Gasteiger partial charge on any atom is -0.454 e. The Labute approximate surface area is 201 Å². The van der Waals surface area contributed by atoms with Crippen molar-refractivity contribution < 1.29 is 23.5 Å². The second-order valence-electron chi connectivity index (χ2n) is 8.03. The number of ether oxygens (including phenoxy) is 2. The lowest BCUT2D eigenvalue weighted by Crippen LogP contribution is -2.28. The number of nitrogens with one attached hydrogen (secondary N) is 3. The maximum atomic E-state index is 13.0. The number of fused-ring (bicyclic) bond motifs is 3. The molecule has 3 aromatic heterocycles. The van der Waals surface area contributed by atoms with Gasteiger partial charge in [-0.05, 0) is 35.4 Å². The van der Waals surface area contributed by atoms with Crippen molar-refractivity contribution in [3.63, 3.8) is 0 Å². The van der Waals surface area contributed by atoms with E-state index in [0.29, 0.717) is 28.2 Å². The zero-order valence-electron chi connectivity index (χ0n) is 18.6. The number of aromatic nitrogens is 4. The lowest BCUT2D eigenvalue weighted by atomic mass is 10.2. The van der Waals surface area contributed by atoms with Crippen molar-refractivity contribution in [1.82, 2.24) is 30.2 Å². The van der Waals surface area contributed by atoms with Crippen LogP contribution in [0.1, 0.15) is 32.1 Å². The molecule has 0 fully saturated rings. The van der Waals surface area contributed by atoms with Crippen molar-refractivity contribution in [3.8, 4) is 11.5 Å². The second-order valence-corrected chi connectivity index (χ2v) is 8.03. The molecular formula is C24H18N6O6. The van der Waals surface area contributed by atoms with Gasteiger partial charge in [0.25, 0.3) is 11.8 Å². The highest BCUT2D eigenvalue weighted by Gasteiger charge is 2.18. The SMILES string of the molecule is O=C(NCc1ccc2oc(=O)[nH]c2c1)c1cc(C(=O)NCc2ccc3c(c2)OCO3)n2nccc2n1. The Kier molecular flexibility index (Phi) is 5.10. The highest BCUT2D eigenvalue weighted by molar-refractivity contribution is 5.98. The molecular weight excluding hydrogens is 468 g/mol. The van der Waals surface area contributed by atoms with Gasteiger partial charge in [-0.3, -0.25) is 14.6 Å². The zero-order chi connectivity index (χ0) is 24.6. The quantitative estimate of drug-likeness (QED) is 0.328. The predicted molar refractivity (Wildman–Crippen MR) is 125 cm³/mol. The normalized spacial score (nSPS) is 12.2. The molecule has 5 aromatic rings.